The zero-order chi connectivity index (χ0) is 18.6. The van der Waals surface area contributed by atoms with Crippen LogP contribution in [0, 0.1) is 6.92 Å². The molecule has 0 fully saturated rings. The molecule has 0 aliphatic heterocycles. The van der Waals surface area contributed by atoms with Crippen LogP contribution in [0.25, 0.3) is 0 Å². The van der Waals surface area contributed by atoms with Gasteiger partial charge in [0.15, 0.2) is 11.5 Å². The number of ether oxygens (including phenoxy) is 3. The van der Waals surface area contributed by atoms with Crippen molar-refractivity contribution in [3.05, 3.63) is 46.8 Å². The molecule has 1 aromatic carbocycles. The average Bonchev–Trinajstić information content (AvgIpc) is 3.10. The molecule has 25 heavy (non-hydrogen) atoms. The van der Waals surface area contributed by atoms with E-state index < -0.39 is 5.97 Å². The maximum absolute atomic E-state index is 12.4. The Labute approximate surface area is 146 Å². The number of esters is 1. The highest BCUT2D eigenvalue weighted by Gasteiger charge is 2.19. The van der Waals surface area contributed by atoms with Crippen molar-refractivity contribution in [3.63, 3.8) is 0 Å². The summed E-state index contributed by atoms with van der Waals surface area (Å²) in [5, 5.41) is 2.89. The fourth-order valence-electron chi connectivity index (χ4n) is 2.67. The topological polar surface area (TPSA) is 89.7 Å². The number of rotatable bonds is 6. The molecule has 1 heterocycles. The van der Waals surface area contributed by atoms with Crippen molar-refractivity contribution in [2.24, 2.45) is 0 Å². The Kier molecular flexibility index (Phi) is 5.69. The lowest BCUT2D eigenvalue weighted by Gasteiger charge is -2.19. The van der Waals surface area contributed by atoms with Gasteiger partial charge >= 0.3 is 5.97 Å². The Morgan fingerprint density at radius 2 is 1.72 bits per heavy atom. The van der Waals surface area contributed by atoms with Gasteiger partial charge in [0, 0.05) is 5.56 Å². The van der Waals surface area contributed by atoms with E-state index in [9.17, 15) is 9.59 Å². The second kappa shape index (κ2) is 7.74. The number of amides is 1. The van der Waals surface area contributed by atoms with Gasteiger partial charge < -0.3 is 24.5 Å². The lowest BCUT2D eigenvalue weighted by molar-refractivity contribution is 0.0595. The average molecular weight is 346 g/mol. The summed E-state index contributed by atoms with van der Waals surface area (Å²) >= 11 is 0. The number of benzene rings is 1. The summed E-state index contributed by atoms with van der Waals surface area (Å²) in [6, 6.07) is 6.46. The van der Waals surface area contributed by atoms with E-state index in [0.29, 0.717) is 11.5 Å². The van der Waals surface area contributed by atoms with Crippen LogP contribution in [0.2, 0.25) is 0 Å². The van der Waals surface area contributed by atoms with Crippen LogP contribution in [-0.2, 0) is 4.74 Å². The first-order valence-electron chi connectivity index (χ1n) is 7.72. The first-order chi connectivity index (χ1) is 11.9. The van der Waals surface area contributed by atoms with Crippen LogP contribution in [0.15, 0.2) is 24.3 Å². The van der Waals surface area contributed by atoms with E-state index in [1.165, 1.54) is 19.2 Å². The van der Waals surface area contributed by atoms with Crippen molar-refractivity contribution in [1.82, 2.24) is 10.3 Å². The zero-order valence-electron chi connectivity index (χ0n) is 14.9. The third-order valence-electron chi connectivity index (χ3n) is 3.99. The Morgan fingerprint density at radius 1 is 1.04 bits per heavy atom. The van der Waals surface area contributed by atoms with Crippen molar-refractivity contribution >= 4 is 11.9 Å². The molecule has 134 valence electrons. The molecule has 1 atom stereocenters. The molecule has 1 aromatic heterocycles. The van der Waals surface area contributed by atoms with Crippen molar-refractivity contribution in [2.45, 2.75) is 19.9 Å². The van der Waals surface area contributed by atoms with Crippen LogP contribution in [-0.4, -0.2) is 38.2 Å². The summed E-state index contributed by atoms with van der Waals surface area (Å²) in [5.41, 5.74) is 2.30. The van der Waals surface area contributed by atoms with Gasteiger partial charge in [-0.2, -0.15) is 0 Å². The molecule has 2 N–H and O–H groups in total. The number of carbonyl (C=O) groups is 2. The van der Waals surface area contributed by atoms with Gasteiger partial charge in [0.1, 0.15) is 11.4 Å². The van der Waals surface area contributed by atoms with Crippen molar-refractivity contribution in [3.8, 4) is 11.5 Å². The molecular weight excluding hydrogens is 324 g/mol. The van der Waals surface area contributed by atoms with Crippen molar-refractivity contribution in [1.29, 1.82) is 0 Å². The van der Waals surface area contributed by atoms with Crippen LogP contribution in [0.1, 0.15) is 45.1 Å². The van der Waals surface area contributed by atoms with Gasteiger partial charge in [0.25, 0.3) is 5.91 Å². The molecule has 2 aromatic rings. The lowest BCUT2D eigenvalue weighted by Crippen LogP contribution is -2.27. The summed E-state index contributed by atoms with van der Waals surface area (Å²) in [6.07, 6.45) is 0. The molecule has 2 rings (SSSR count). The number of hydrogen-bond acceptors (Lipinski definition) is 5. The van der Waals surface area contributed by atoms with Crippen LogP contribution in [0.5, 0.6) is 11.5 Å². The molecule has 0 spiro atoms. The summed E-state index contributed by atoms with van der Waals surface area (Å²) < 4.78 is 15.3. The van der Waals surface area contributed by atoms with E-state index in [2.05, 4.69) is 15.0 Å². The van der Waals surface area contributed by atoms with Crippen LogP contribution >= 0.6 is 0 Å². The molecule has 1 amide bonds. The minimum Gasteiger partial charge on any atom is -0.493 e. The maximum Gasteiger partial charge on any atom is 0.354 e. The molecular formula is C18H22N2O5. The monoisotopic (exact) mass is 346 g/mol. The van der Waals surface area contributed by atoms with Gasteiger partial charge in [0.2, 0.25) is 0 Å². The third kappa shape index (κ3) is 3.76. The predicted molar refractivity (Wildman–Crippen MR) is 92.3 cm³/mol. The fraction of sp³-hybridized carbons (Fsp3) is 0.333. The Balaban J connectivity index is 2.19. The Bertz CT molecular complexity index is 782. The highest BCUT2D eigenvalue weighted by atomic mass is 16.5. The number of carbonyl (C=O) groups excluding carboxylic acids is 2. The van der Waals surface area contributed by atoms with Gasteiger partial charge in [-0.15, -0.1) is 0 Å². The van der Waals surface area contributed by atoms with Gasteiger partial charge in [-0.3, -0.25) is 4.79 Å². The molecule has 0 saturated heterocycles. The normalized spacial score (nSPS) is 11.6. The summed E-state index contributed by atoms with van der Waals surface area (Å²) in [4.78, 5) is 26.6. The van der Waals surface area contributed by atoms with Gasteiger partial charge in [-0.05, 0) is 37.6 Å². The fourth-order valence-corrected chi connectivity index (χ4v) is 2.67. The quantitative estimate of drug-likeness (QED) is 0.785. The Morgan fingerprint density at radius 3 is 2.32 bits per heavy atom. The largest absolute Gasteiger partial charge is 0.493 e. The molecule has 0 aliphatic rings. The van der Waals surface area contributed by atoms with Gasteiger partial charge in [-0.1, -0.05) is 6.07 Å². The van der Waals surface area contributed by atoms with Crippen LogP contribution in [0.3, 0.4) is 0 Å². The number of methoxy groups -OCH3 is 3. The molecule has 0 bridgehead atoms. The van der Waals surface area contributed by atoms with Gasteiger partial charge in [0.05, 0.1) is 27.4 Å². The van der Waals surface area contributed by atoms with Crippen LogP contribution in [0.4, 0.5) is 0 Å². The summed E-state index contributed by atoms with van der Waals surface area (Å²) in [7, 11) is 4.43. The smallest absolute Gasteiger partial charge is 0.354 e. The van der Waals surface area contributed by atoms with Gasteiger partial charge in [-0.25, -0.2) is 4.79 Å². The lowest BCUT2D eigenvalue weighted by atomic mass is 10.0. The third-order valence-corrected chi connectivity index (χ3v) is 3.99. The first-order valence-corrected chi connectivity index (χ1v) is 7.72. The minimum atomic E-state index is -0.525. The molecule has 0 aliphatic carbocycles. The summed E-state index contributed by atoms with van der Waals surface area (Å²) in [5.74, 6) is 0.419. The van der Waals surface area contributed by atoms with E-state index in [1.54, 1.807) is 20.3 Å². The molecule has 7 heteroatoms. The van der Waals surface area contributed by atoms with E-state index in [0.717, 1.165) is 11.1 Å². The molecule has 0 saturated carbocycles. The number of hydrogen-bond donors (Lipinski definition) is 2. The number of H-pyrrole nitrogens is 1. The first kappa shape index (κ1) is 18.4. The number of aromatic amines is 1. The van der Waals surface area contributed by atoms with E-state index in [4.69, 9.17) is 9.47 Å². The summed E-state index contributed by atoms with van der Waals surface area (Å²) in [6.45, 7) is 3.78. The second-order valence-electron chi connectivity index (χ2n) is 5.49. The number of aromatic nitrogens is 1. The van der Waals surface area contributed by atoms with E-state index in [1.807, 2.05) is 19.9 Å². The molecule has 0 radical (unpaired) electrons. The Hall–Kier alpha value is -2.96. The highest BCUT2D eigenvalue weighted by Crippen LogP contribution is 2.35. The SMILES string of the molecule is COC(=O)c1ccc(C(=O)NC(C)c2ccc(OC)c(OC)c2C)[nH]1. The van der Waals surface area contributed by atoms with Crippen molar-refractivity contribution in [2.75, 3.05) is 21.3 Å². The minimum absolute atomic E-state index is 0.225. The van der Waals surface area contributed by atoms with Crippen molar-refractivity contribution < 1.29 is 23.8 Å². The predicted octanol–water partition coefficient (Wildman–Crippen LogP) is 2.62. The number of nitrogens with one attached hydrogen (secondary N) is 2. The van der Waals surface area contributed by atoms with E-state index >= 15 is 0 Å². The molecule has 7 nitrogen and oxygen atoms in total. The second-order valence-corrected chi connectivity index (χ2v) is 5.49. The van der Waals surface area contributed by atoms with E-state index in [-0.39, 0.29) is 23.3 Å². The zero-order valence-corrected chi connectivity index (χ0v) is 14.9. The highest BCUT2D eigenvalue weighted by molar-refractivity contribution is 5.95. The maximum atomic E-state index is 12.4. The molecule has 1 unspecified atom stereocenters. The standard InChI is InChI=1S/C18H22N2O5/c1-10-12(6-9-15(23-3)16(10)24-4)11(2)19-17(21)13-7-8-14(20-13)18(22)25-5/h6-9,11,20H,1-5H3,(H,19,21). The van der Waals surface area contributed by atoms with Crippen LogP contribution < -0.4 is 14.8 Å².